The summed E-state index contributed by atoms with van der Waals surface area (Å²) in [4.78, 5) is 19.5. The fourth-order valence-electron chi connectivity index (χ4n) is 3.61. The molecule has 1 aliphatic heterocycles. The first kappa shape index (κ1) is 20.6. The Morgan fingerprint density at radius 3 is 2.39 bits per heavy atom. The number of carbonyl (C=O) groups excluding carboxylic acids is 1. The van der Waals surface area contributed by atoms with E-state index in [1.807, 2.05) is 23.1 Å². The van der Waals surface area contributed by atoms with Gasteiger partial charge in [-0.25, -0.2) is 0 Å². The SMILES string of the molecule is COc1ccccc1N1CCN(C(=O)C[NH+](C)Cc2ccc(SC)cc2)CC1. The van der Waals surface area contributed by atoms with Crippen molar-refractivity contribution in [1.29, 1.82) is 0 Å². The molecule has 2 aromatic carbocycles. The predicted molar refractivity (Wildman–Crippen MR) is 115 cm³/mol. The van der Waals surface area contributed by atoms with Crippen LogP contribution < -0.4 is 14.5 Å². The first-order valence-electron chi connectivity index (χ1n) is 9.70. The van der Waals surface area contributed by atoms with E-state index in [1.165, 1.54) is 15.4 Å². The van der Waals surface area contributed by atoms with E-state index in [1.54, 1.807) is 18.9 Å². The van der Waals surface area contributed by atoms with E-state index in [-0.39, 0.29) is 5.91 Å². The highest BCUT2D eigenvalue weighted by Gasteiger charge is 2.24. The molecule has 5 nitrogen and oxygen atoms in total. The number of benzene rings is 2. The van der Waals surface area contributed by atoms with Gasteiger partial charge in [0, 0.05) is 36.6 Å². The number of likely N-dealkylation sites (N-methyl/N-ethyl adjacent to an activating group) is 1. The van der Waals surface area contributed by atoms with Crippen LogP contribution in [0.3, 0.4) is 0 Å². The van der Waals surface area contributed by atoms with E-state index in [0.29, 0.717) is 6.54 Å². The van der Waals surface area contributed by atoms with E-state index in [9.17, 15) is 4.79 Å². The minimum Gasteiger partial charge on any atom is -0.495 e. The number of carbonyl (C=O) groups is 1. The highest BCUT2D eigenvalue weighted by Crippen LogP contribution is 2.28. The number of quaternary nitrogens is 1. The summed E-state index contributed by atoms with van der Waals surface area (Å²) in [6.45, 7) is 4.57. The third-order valence-corrected chi connectivity index (χ3v) is 5.92. The Morgan fingerprint density at radius 2 is 1.75 bits per heavy atom. The molecule has 6 heteroatoms. The average molecular weight is 401 g/mol. The smallest absolute Gasteiger partial charge is 0.277 e. The van der Waals surface area contributed by atoms with Crippen LogP contribution in [0.25, 0.3) is 0 Å². The Morgan fingerprint density at radius 1 is 1.07 bits per heavy atom. The highest BCUT2D eigenvalue weighted by molar-refractivity contribution is 7.98. The van der Waals surface area contributed by atoms with Crippen molar-refractivity contribution in [1.82, 2.24) is 4.90 Å². The Hall–Kier alpha value is -2.18. The summed E-state index contributed by atoms with van der Waals surface area (Å²) in [6.07, 6.45) is 2.08. The van der Waals surface area contributed by atoms with Crippen LogP contribution in [0.5, 0.6) is 5.75 Å². The second-order valence-electron chi connectivity index (χ2n) is 7.20. The van der Waals surface area contributed by atoms with Gasteiger partial charge in [-0.2, -0.15) is 0 Å². The molecule has 1 N–H and O–H groups in total. The quantitative estimate of drug-likeness (QED) is 0.719. The number of rotatable bonds is 7. The predicted octanol–water partition coefficient (Wildman–Crippen LogP) is 1.78. The number of methoxy groups -OCH3 is 1. The second kappa shape index (κ2) is 9.85. The minimum absolute atomic E-state index is 0.234. The molecular weight excluding hydrogens is 370 g/mol. The normalized spacial score (nSPS) is 15.4. The van der Waals surface area contributed by atoms with Gasteiger partial charge in [0.25, 0.3) is 5.91 Å². The molecule has 3 rings (SSSR count). The lowest BCUT2D eigenvalue weighted by atomic mass is 10.2. The zero-order valence-electron chi connectivity index (χ0n) is 17.0. The number of hydrogen-bond donors (Lipinski definition) is 1. The van der Waals surface area contributed by atoms with Gasteiger partial charge >= 0.3 is 0 Å². The second-order valence-corrected chi connectivity index (χ2v) is 8.08. The largest absolute Gasteiger partial charge is 0.495 e. The fourth-order valence-corrected chi connectivity index (χ4v) is 4.02. The lowest BCUT2D eigenvalue weighted by Crippen LogP contribution is -3.09. The summed E-state index contributed by atoms with van der Waals surface area (Å²) in [5, 5.41) is 0. The molecule has 1 unspecified atom stereocenters. The van der Waals surface area contributed by atoms with Crippen LogP contribution in [0.1, 0.15) is 5.56 Å². The van der Waals surface area contributed by atoms with Crippen molar-refractivity contribution in [2.75, 3.05) is 58.0 Å². The molecule has 1 amide bonds. The Bertz CT molecular complexity index is 774. The monoisotopic (exact) mass is 400 g/mol. The minimum atomic E-state index is 0.234. The number of para-hydroxylation sites is 2. The third-order valence-electron chi connectivity index (χ3n) is 5.18. The molecule has 1 fully saturated rings. The zero-order chi connectivity index (χ0) is 19.9. The van der Waals surface area contributed by atoms with Gasteiger partial charge in [0.2, 0.25) is 0 Å². The lowest BCUT2D eigenvalue weighted by molar-refractivity contribution is -0.885. The van der Waals surface area contributed by atoms with E-state index >= 15 is 0 Å². The molecule has 1 heterocycles. The Balaban J connectivity index is 1.49. The summed E-state index contributed by atoms with van der Waals surface area (Å²) in [5.74, 6) is 1.12. The topological polar surface area (TPSA) is 37.2 Å². The molecule has 1 atom stereocenters. The maximum Gasteiger partial charge on any atom is 0.277 e. The van der Waals surface area contributed by atoms with Crippen molar-refractivity contribution in [3.63, 3.8) is 0 Å². The fraction of sp³-hybridized carbons (Fsp3) is 0.409. The Kier molecular flexibility index (Phi) is 7.23. The maximum atomic E-state index is 12.7. The number of ether oxygens (including phenoxy) is 1. The average Bonchev–Trinajstić information content (AvgIpc) is 2.74. The van der Waals surface area contributed by atoms with Crippen molar-refractivity contribution in [2.45, 2.75) is 11.4 Å². The van der Waals surface area contributed by atoms with Crippen molar-refractivity contribution in [3.05, 3.63) is 54.1 Å². The van der Waals surface area contributed by atoms with E-state index in [4.69, 9.17) is 4.74 Å². The molecule has 0 aliphatic carbocycles. The molecule has 0 spiro atoms. The Labute approximate surface area is 172 Å². The van der Waals surface area contributed by atoms with Gasteiger partial charge in [0.05, 0.1) is 19.8 Å². The maximum absolute atomic E-state index is 12.7. The van der Waals surface area contributed by atoms with Crippen molar-refractivity contribution < 1.29 is 14.4 Å². The first-order chi connectivity index (χ1) is 13.6. The lowest BCUT2D eigenvalue weighted by Gasteiger charge is -2.36. The summed E-state index contributed by atoms with van der Waals surface area (Å²) in [6, 6.07) is 16.7. The molecule has 1 saturated heterocycles. The van der Waals surface area contributed by atoms with Gasteiger partial charge in [0.15, 0.2) is 6.54 Å². The standard InChI is InChI=1S/C22H29N3O2S/c1-23(16-18-8-10-19(28-3)11-9-18)17-22(26)25-14-12-24(13-15-25)20-6-4-5-7-21(20)27-2/h4-11H,12-17H2,1-3H3/p+1. The summed E-state index contributed by atoms with van der Waals surface area (Å²) in [5.41, 5.74) is 2.37. The van der Waals surface area contributed by atoms with Crippen LogP contribution in [-0.2, 0) is 11.3 Å². The van der Waals surface area contributed by atoms with Crippen LogP contribution in [0.15, 0.2) is 53.4 Å². The summed E-state index contributed by atoms with van der Waals surface area (Å²) >= 11 is 1.75. The molecule has 0 bridgehead atoms. The van der Waals surface area contributed by atoms with Gasteiger partial charge in [-0.15, -0.1) is 11.8 Å². The number of piperazine rings is 1. The molecule has 0 radical (unpaired) electrons. The van der Waals surface area contributed by atoms with Gasteiger partial charge in [-0.05, 0) is 30.5 Å². The highest BCUT2D eigenvalue weighted by atomic mass is 32.2. The number of nitrogens with zero attached hydrogens (tertiary/aromatic N) is 2. The van der Waals surface area contributed by atoms with Crippen molar-refractivity contribution in [3.8, 4) is 5.75 Å². The van der Waals surface area contributed by atoms with E-state index in [0.717, 1.165) is 44.2 Å². The molecular formula is C22H30N3O2S+. The van der Waals surface area contributed by atoms with E-state index in [2.05, 4.69) is 48.5 Å². The molecule has 1 aliphatic rings. The van der Waals surface area contributed by atoms with Crippen molar-refractivity contribution in [2.24, 2.45) is 0 Å². The van der Waals surface area contributed by atoms with Crippen LogP contribution in [-0.4, -0.2) is 63.9 Å². The number of anilines is 1. The summed E-state index contributed by atoms with van der Waals surface area (Å²) < 4.78 is 5.47. The number of hydrogen-bond acceptors (Lipinski definition) is 4. The van der Waals surface area contributed by atoms with Gasteiger partial charge in [-0.3, -0.25) is 4.79 Å². The van der Waals surface area contributed by atoms with E-state index < -0.39 is 0 Å². The van der Waals surface area contributed by atoms with Crippen LogP contribution >= 0.6 is 11.8 Å². The van der Waals surface area contributed by atoms with Crippen LogP contribution in [0.4, 0.5) is 5.69 Å². The molecule has 0 saturated carbocycles. The third kappa shape index (κ3) is 5.20. The summed E-state index contributed by atoms with van der Waals surface area (Å²) in [7, 11) is 3.79. The number of amides is 1. The number of nitrogens with one attached hydrogen (secondary N) is 1. The molecule has 0 aromatic heterocycles. The molecule has 2 aromatic rings. The molecule has 28 heavy (non-hydrogen) atoms. The van der Waals surface area contributed by atoms with Gasteiger partial charge in [0.1, 0.15) is 12.3 Å². The number of thioether (sulfide) groups is 1. The van der Waals surface area contributed by atoms with Gasteiger partial charge in [-0.1, -0.05) is 24.3 Å². The van der Waals surface area contributed by atoms with Crippen LogP contribution in [0, 0.1) is 0 Å². The van der Waals surface area contributed by atoms with Crippen molar-refractivity contribution >= 4 is 23.4 Å². The first-order valence-corrected chi connectivity index (χ1v) is 10.9. The van der Waals surface area contributed by atoms with Crippen LogP contribution in [0.2, 0.25) is 0 Å². The zero-order valence-corrected chi connectivity index (χ0v) is 17.8. The van der Waals surface area contributed by atoms with Gasteiger partial charge < -0.3 is 19.4 Å². The molecule has 150 valence electrons.